The molecular weight excluding hydrogens is 296 g/mol. The van der Waals surface area contributed by atoms with Crippen LogP contribution in [0.25, 0.3) is 0 Å². The average molecular weight is 314 g/mol. The lowest BCUT2D eigenvalue weighted by Crippen LogP contribution is -2.40. The first-order valence-corrected chi connectivity index (χ1v) is 8.07. The van der Waals surface area contributed by atoms with Crippen LogP contribution in [0.2, 0.25) is 0 Å². The smallest absolute Gasteiger partial charge is 0.326 e. The molecule has 1 rings (SSSR count). The normalized spacial score (nSPS) is 12.7. The lowest BCUT2D eigenvalue weighted by atomic mass is 10.1. The van der Waals surface area contributed by atoms with Crippen LogP contribution in [0.1, 0.15) is 35.7 Å². The monoisotopic (exact) mass is 314 g/mol. The Hall–Kier alpha value is -1.93. The van der Waals surface area contributed by atoms with Crippen LogP contribution in [0.15, 0.2) is 24.3 Å². The summed E-state index contributed by atoms with van der Waals surface area (Å²) in [7, 11) is -3.69. The molecule has 0 radical (unpaired) electrons. The van der Waals surface area contributed by atoms with Crippen molar-refractivity contribution in [3.63, 3.8) is 0 Å². The average Bonchev–Trinajstić information content (AvgIpc) is 2.36. The van der Waals surface area contributed by atoms with Gasteiger partial charge in [0.1, 0.15) is 6.04 Å². The van der Waals surface area contributed by atoms with E-state index in [4.69, 9.17) is 10.2 Å². The fourth-order valence-corrected chi connectivity index (χ4v) is 2.47. The molecule has 0 fully saturated rings. The van der Waals surface area contributed by atoms with Crippen molar-refractivity contribution in [2.75, 3.05) is 0 Å². The van der Waals surface area contributed by atoms with Gasteiger partial charge in [0, 0.05) is 5.56 Å². The molecule has 0 heterocycles. The second kappa shape index (κ2) is 7.19. The summed E-state index contributed by atoms with van der Waals surface area (Å²) in [5.41, 5.74) is 0.561. The highest BCUT2D eigenvalue weighted by Gasteiger charge is 2.19. The third-order valence-corrected chi connectivity index (χ3v) is 3.47. The minimum absolute atomic E-state index is 0.193. The van der Waals surface area contributed by atoms with E-state index in [9.17, 15) is 18.0 Å². The van der Waals surface area contributed by atoms with Gasteiger partial charge >= 0.3 is 5.97 Å². The number of hydrogen-bond acceptors (Lipinski definition) is 4. The quantitative estimate of drug-likeness (QED) is 0.674. The topological polar surface area (TPSA) is 127 Å². The molecule has 1 aromatic rings. The molecule has 8 heteroatoms. The predicted octanol–water partition coefficient (Wildman–Crippen LogP) is 0.458. The molecule has 116 valence electrons. The van der Waals surface area contributed by atoms with Gasteiger partial charge in [-0.05, 0) is 24.1 Å². The van der Waals surface area contributed by atoms with Crippen LogP contribution >= 0.6 is 0 Å². The number of carboxylic acids is 1. The maximum Gasteiger partial charge on any atom is 0.326 e. The van der Waals surface area contributed by atoms with Gasteiger partial charge < -0.3 is 10.4 Å². The van der Waals surface area contributed by atoms with E-state index in [1.807, 2.05) is 6.92 Å². The van der Waals surface area contributed by atoms with Crippen molar-refractivity contribution in [3.05, 3.63) is 35.4 Å². The van der Waals surface area contributed by atoms with Crippen LogP contribution in [0.4, 0.5) is 0 Å². The molecule has 1 amide bonds. The van der Waals surface area contributed by atoms with Crippen molar-refractivity contribution < 1.29 is 23.1 Å². The van der Waals surface area contributed by atoms with Crippen LogP contribution < -0.4 is 10.5 Å². The number of carboxylic acid groups (broad SMARTS) is 1. The molecule has 0 bridgehead atoms. The molecule has 0 saturated carbocycles. The second-order valence-corrected chi connectivity index (χ2v) is 6.27. The van der Waals surface area contributed by atoms with Gasteiger partial charge in [-0.25, -0.2) is 18.4 Å². The first-order valence-electron chi connectivity index (χ1n) is 6.36. The van der Waals surface area contributed by atoms with Crippen molar-refractivity contribution in [1.82, 2.24) is 5.32 Å². The number of amides is 1. The second-order valence-electron chi connectivity index (χ2n) is 4.66. The minimum Gasteiger partial charge on any atom is -0.480 e. The molecule has 1 unspecified atom stereocenters. The number of benzene rings is 1. The Balaban J connectivity index is 2.87. The highest BCUT2D eigenvalue weighted by Crippen LogP contribution is 2.09. The summed E-state index contributed by atoms with van der Waals surface area (Å²) in [5.74, 6) is -2.05. The lowest BCUT2D eigenvalue weighted by molar-refractivity contribution is -0.139. The molecule has 0 aliphatic heterocycles. The SMILES string of the molecule is CCCC(NC(=O)c1cccc(CS(N)(=O)=O)c1)C(=O)O. The number of hydrogen-bond donors (Lipinski definition) is 3. The minimum atomic E-state index is -3.69. The third-order valence-electron chi connectivity index (χ3n) is 2.74. The van der Waals surface area contributed by atoms with E-state index in [0.717, 1.165) is 0 Å². The number of nitrogens with one attached hydrogen (secondary N) is 1. The van der Waals surface area contributed by atoms with E-state index in [1.165, 1.54) is 24.3 Å². The number of carbonyl (C=O) groups is 2. The zero-order valence-electron chi connectivity index (χ0n) is 11.6. The highest BCUT2D eigenvalue weighted by molar-refractivity contribution is 7.88. The van der Waals surface area contributed by atoms with Crippen molar-refractivity contribution in [2.24, 2.45) is 5.14 Å². The Morgan fingerprint density at radius 2 is 2.05 bits per heavy atom. The molecule has 0 saturated heterocycles. The van der Waals surface area contributed by atoms with E-state index in [-0.39, 0.29) is 11.3 Å². The van der Waals surface area contributed by atoms with Crippen LogP contribution in [0.5, 0.6) is 0 Å². The molecule has 4 N–H and O–H groups in total. The highest BCUT2D eigenvalue weighted by atomic mass is 32.2. The first kappa shape index (κ1) is 17.1. The molecule has 21 heavy (non-hydrogen) atoms. The summed E-state index contributed by atoms with van der Waals surface area (Å²) >= 11 is 0. The zero-order chi connectivity index (χ0) is 16.0. The van der Waals surface area contributed by atoms with Crippen LogP contribution in [0, 0.1) is 0 Å². The molecular formula is C13H18N2O5S. The molecule has 0 spiro atoms. The number of aliphatic carboxylic acids is 1. The Morgan fingerprint density at radius 3 is 2.57 bits per heavy atom. The summed E-state index contributed by atoms with van der Waals surface area (Å²) in [4.78, 5) is 23.0. The number of rotatable bonds is 7. The van der Waals surface area contributed by atoms with Gasteiger partial charge in [-0.15, -0.1) is 0 Å². The van der Waals surface area contributed by atoms with E-state index in [0.29, 0.717) is 18.4 Å². The van der Waals surface area contributed by atoms with Gasteiger partial charge in [-0.3, -0.25) is 4.79 Å². The summed E-state index contributed by atoms with van der Waals surface area (Å²) in [5, 5.41) is 16.3. The van der Waals surface area contributed by atoms with Gasteiger partial charge in [0.15, 0.2) is 0 Å². The van der Waals surface area contributed by atoms with Gasteiger partial charge in [0.05, 0.1) is 5.75 Å². The fraction of sp³-hybridized carbons (Fsp3) is 0.385. The largest absolute Gasteiger partial charge is 0.480 e. The van der Waals surface area contributed by atoms with Gasteiger partial charge in [0.25, 0.3) is 5.91 Å². The number of nitrogens with two attached hydrogens (primary N) is 1. The number of sulfonamides is 1. The number of carbonyl (C=O) groups excluding carboxylic acids is 1. The van der Waals surface area contributed by atoms with Gasteiger partial charge in [0.2, 0.25) is 10.0 Å². The van der Waals surface area contributed by atoms with Gasteiger partial charge in [-0.2, -0.15) is 0 Å². The van der Waals surface area contributed by atoms with E-state index in [2.05, 4.69) is 5.32 Å². The van der Waals surface area contributed by atoms with Crippen LogP contribution in [-0.2, 0) is 20.6 Å². The molecule has 0 aromatic heterocycles. The van der Waals surface area contributed by atoms with Crippen LogP contribution in [0.3, 0.4) is 0 Å². The van der Waals surface area contributed by atoms with Crippen molar-refractivity contribution in [2.45, 2.75) is 31.6 Å². The Kier molecular flexibility index (Phi) is 5.86. The number of primary sulfonamides is 1. The maximum absolute atomic E-state index is 12.0. The van der Waals surface area contributed by atoms with E-state index >= 15 is 0 Å². The predicted molar refractivity (Wildman–Crippen MR) is 77.1 cm³/mol. The molecule has 0 aliphatic rings. The Bertz CT molecular complexity index is 627. The summed E-state index contributed by atoms with van der Waals surface area (Å²) in [6.07, 6.45) is 0.931. The molecule has 1 atom stereocenters. The lowest BCUT2D eigenvalue weighted by Gasteiger charge is -2.13. The van der Waals surface area contributed by atoms with Crippen LogP contribution in [-0.4, -0.2) is 31.4 Å². The maximum atomic E-state index is 12.0. The fourth-order valence-electron chi connectivity index (χ4n) is 1.82. The van der Waals surface area contributed by atoms with Crippen molar-refractivity contribution >= 4 is 21.9 Å². The summed E-state index contributed by atoms with van der Waals surface area (Å²) < 4.78 is 22.1. The van der Waals surface area contributed by atoms with Gasteiger partial charge in [-0.1, -0.05) is 25.5 Å². The Labute approximate surface area is 123 Å². The first-order chi connectivity index (χ1) is 9.73. The third kappa shape index (κ3) is 5.92. The van der Waals surface area contributed by atoms with Crippen molar-refractivity contribution in [1.29, 1.82) is 0 Å². The molecule has 1 aromatic carbocycles. The molecule has 7 nitrogen and oxygen atoms in total. The van der Waals surface area contributed by atoms with Crippen molar-refractivity contribution in [3.8, 4) is 0 Å². The van der Waals surface area contributed by atoms with E-state index in [1.54, 1.807) is 0 Å². The summed E-state index contributed by atoms with van der Waals surface area (Å²) in [6.45, 7) is 1.81. The Morgan fingerprint density at radius 1 is 1.38 bits per heavy atom. The standard InChI is InChI=1S/C13H18N2O5S/c1-2-4-11(13(17)18)15-12(16)10-6-3-5-9(7-10)8-21(14,19)20/h3,5-7,11H,2,4,8H2,1H3,(H,15,16)(H,17,18)(H2,14,19,20). The zero-order valence-corrected chi connectivity index (χ0v) is 12.4. The van der Waals surface area contributed by atoms with E-state index < -0.39 is 27.9 Å². The molecule has 0 aliphatic carbocycles. The summed E-state index contributed by atoms with van der Waals surface area (Å²) in [6, 6.07) is 4.94.